The van der Waals surface area contributed by atoms with Gasteiger partial charge in [0.2, 0.25) is 0 Å². The van der Waals surface area contributed by atoms with Gasteiger partial charge in [-0.1, -0.05) is 115 Å². The Morgan fingerprint density at radius 3 is 1.59 bits per heavy atom. The highest BCUT2D eigenvalue weighted by atomic mass is 16.3. The molecule has 0 aliphatic heterocycles. The van der Waals surface area contributed by atoms with E-state index in [0.29, 0.717) is 11.4 Å². The minimum absolute atomic E-state index is 0.676. The number of hydrogen-bond donors (Lipinski definition) is 0. The third-order valence-corrected chi connectivity index (χ3v) is 10.1. The lowest BCUT2D eigenvalue weighted by molar-refractivity contribution is 0.667. The molecule has 0 saturated carbocycles. The highest BCUT2D eigenvalue weighted by Gasteiger charge is 2.21. The molecule has 0 bridgehead atoms. The molecule has 0 spiro atoms. The highest BCUT2D eigenvalue weighted by Crippen LogP contribution is 2.41. The molecule has 0 radical (unpaired) electrons. The Labute approximate surface area is 292 Å². The zero-order chi connectivity index (χ0) is 33.5. The van der Waals surface area contributed by atoms with Gasteiger partial charge in [-0.3, -0.25) is 0 Å². The van der Waals surface area contributed by atoms with Crippen molar-refractivity contribution >= 4 is 65.7 Å². The van der Waals surface area contributed by atoms with Gasteiger partial charge in [0.15, 0.2) is 11.4 Å². The summed E-state index contributed by atoms with van der Waals surface area (Å²) in [5.74, 6) is 0.676. The van der Waals surface area contributed by atoms with Gasteiger partial charge in [0, 0.05) is 55.5 Å². The third kappa shape index (κ3) is 4.15. The first-order valence-corrected chi connectivity index (χ1v) is 17.2. The van der Waals surface area contributed by atoms with Crippen molar-refractivity contribution in [2.45, 2.75) is 0 Å². The van der Waals surface area contributed by atoms with Gasteiger partial charge in [-0.05, 0) is 48.5 Å². The van der Waals surface area contributed by atoms with Crippen molar-refractivity contribution in [2.24, 2.45) is 0 Å². The number of aromatic nitrogens is 4. The molecule has 0 aliphatic rings. The van der Waals surface area contributed by atoms with Crippen LogP contribution in [0.15, 0.2) is 174 Å². The van der Waals surface area contributed by atoms with Gasteiger partial charge in [0.25, 0.3) is 0 Å². The molecular formula is C46H28N4O. The van der Waals surface area contributed by atoms with Crippen molar-refractivity contribution in [3.8, 4) is 34.0 Å². The maximum Gasteiger partial charge on any atom is 0.180 e. The molecular weight excluding hydrogens is 625 g/mol. The van der Waals surface area contributed by atoms with Crippen molar-refractivity contribution in [3.63, 3.8) is 0 Å². The topological polar surface area (TPSA) is 48.8 Å². The molecule has 0 unspecified atom stereocenters. The zero-order valence-corrected chi connectivity index (χ0v) is 27.4. The first kappa shape index (κ1) is 27.9. The molecule has 0 aliphatic carbocycles. The van der Waals surface area contributed by atoms with Gasteiger partial charge in [0.1, 0.15) is 16.8 Å². The molecule has 4 aromatic heterocycles. The molecule has 51 heavy (non-hydrogen) atoms. The fourth-order valence-electron chi connectivity index (χ4n) is 7.84. The summed E-state index contributed by atoms with van der Waals surface area (Å²) >= 11 is 0. The Morgan fingerprint density at radius 1 is 0.392 bits per heavy atom. The van der Waals surface area contributed by atoms with E-state index in [4.69, 9.17) is 14.4 Å². The molecule has 7 aromatic carbocycles. The van der Waals surface area contributed by atoms with Crippen LogP contribution in [0.25, 0.3) is 99.7 Å². The summed E-state index contributed by atoms with van der Waals surface area (Å²) in [7, 11) is 0. The number of hydrogen-bond acceptors (Lipinski definition) is 3. The average Bonchev–Trinajstić information content (AvgIpc) is 3.84. The van der Waals surface area contributed by atoms with Crippen LogP contribution in [0.5, 0.6) is 0 Å². The van der Waals surface area contributed by atoms with Crippen LogP contribution in [-0.4, -0.2) is 19.1 Å². The quantitative estimate of drug-likeness (QED) is 0.190. The molecule has 0 amide bonds. The molecule has 5 nitrogen and oxygen atoms in total. The summed E-state index contributed by atoms with van der Waals surface area (Å²) in [6.07, 6.45) is 0. The van der Waals surface area contributed by atoms with Crippen molar-refractivity contribution in [2.75, 3.05) is 0 Å². The van der Waals surface area contributed by atoms with Crippen molar-refractivity contribution in [1.82, 2.24) is 19.1 Å². The highest BCUT2D eigenvalue weighted by molar-refractivity contribution is 6.19. The Hall–Kier alpha value is -6.98. The average molecular weight is 653 g/mol. The number of benzene rings is 7. The molecule has 11 aromatic rings. The molecule has 11 rings (SSSR count). The lowest BCUT2D eigenvalue weighted by Gasteiger charge is -2.09. The summed E-state index contributed by atoms with van der Waals surface area (Å²) in [5, 5.41) is 5.80. The molecule has 0 N–H and O–H groups in total. The third-order valence-electron chi connectivity index (χ3n) is 10.1. The van der Waals surface area contributed by atoms with Crippen LogP contribution >= 0.6 is 0 Å². The van der Waals surface area contributed by atoms with E-state index in [1.165, 1.54) is 32.6 Å². The smallest absolute Gasteiger partial charge is 0.180 e. The van der Waals surface area contributed by atoms with Crippen LogP contribution in [0.3, 0.4) is 0 Å². The normalized spacial score (nSPS) is 11.9. The van der Waals surface area contributed by atoms with Crippen molar-refractivity contribution < 1.29 is 4.42 Å². The fraction of sp³-hybridized carbons (Fsp3) is 0. The van der Waals surface area contributed by atoms with E-state index < -0.39 is 0 Å². The largest absolute Gasteiger partial charge is 0.452 e. The number of para-hydroxylation sites is 3. The number of furan rings is 1. The maximum atomic E-state index is 6.73. The monoisotopic (exact) mass is 652 g/mol. The van der Waals surface area contributed by atoms with E-state index >= 15 is 0 Å². The number of rotatable bonds is 4. The first-order valence-electron chi connectivity index (χ1n) is 17.2. The van der Waals surface area contributed by atoms with E-state index in [9.17, 15) is 0 Å². The summed E-state index contributed by atoms with van der Waals surface area (Å²) < 4.78 is 11.5. The predicted molar refractivity (Wildman–Crippen MR) is 209 cm³/mol. The molecule has 0 atom stereocenters. The summed E-state index contributed by atoms with van der Waals surface area (Å²) in [4.78, 5) is 10.1. The lowest BCUT2D eigenvalue weighted by atomic mass is 10.1. The standard InChI is InChI=1S/C46H28N4O/c1-4-14-29(15-5-1)43-45-44(48-46(47-43)30-16-6-2-7-17-30)35-25-24-32(26-42(35)51-45)50-39-23-13-11-21-34(39)37-27-40-36(28-41(37)50)33-20-10-12-22-38(33)49(40)31-18-8-3-9-19-31/h1-28H. The second-order valence-electron chi connectivity index (χ2n) is 13.0. The van der Waals surface area contributed by atoms with Crippen LogP contribution in [-0.2, 0) is 0 Å². The van der Waals surface area contributed by atoms with Crippen molar-refractivity contribution in [1.29, 1.82) is 0 Å². The van der Waals surface area contributed by atoms with Crippen LogP contribution in [0.4, 0.5) is 0 Å². The van der Waals surface area contributed by atoms with Gasteiger partial charge in [-0.25, -0.2) is 9.97 Å². The Kier molecular flexibility index (Phi) is 5.89. The lowest BCUT2D eigenvalue weighted by Crippen LogP contribution is -1.94. The Morgan fingerprint density at radius 2 is 0.941 bits per heavy atom. The summed E-state index contributed by atoms with van der Waals surface area (Å²) in [5.41, 5.74) is 11.8. The molecule has 5 heteroatoms. The van der Waals surface area contributed by atoms with Crippen LogP contribution in [0, 0.1) is 0 Å². The Bertz CT molecular complexity index is 3120. The summed E-state index contributed by atoms with van der Waals surface area (Å²) in [6.45, 7) is 0. The van der Waals surface area contributed by atoms with Crippen molar-refractivity contribution in [3.05, 3.63) is 170 Å². The van der Waals surface area contributed by atoms with E-state index in [0.717, 1.165) is 55.7 Å². The predicted octanol–water partition coefficient (Wildman–Crippen LogP) is 11.9. The van der Waals surface area contributed by atoms with Crippen LogP contribution in [0.1, 0.15) is 0 Å². The molecule has 238 valence electrons. The second kappa shape index (κ2) is 10.8. The number of fused-ring (bicyclic) bond motifs is 9. The van der Waals surface area contributed by atoms with Gasteiger partial charge in [-0.15, -0.1) is 0 Å². The second-order valence-corrected chi connectivity index (χ2v) is 13.0. The summed E-state index contributed by atoms with van der Waals surface area (Å²) in [6, 6.07) is 59.6. The first-order chi connectivity index (χ1) is 25.3. The van der Waals surface area contributed by atoms with Gasteiger partial charge in [-0.2, -0.15) is 0 Å². The minimum atomic E-state index is 0.676. The molecule has 4 heterocycles. The van der Waals surface area contributed by atoms with Gasteiger partial charge >= 0.3 is 0 Å². The molecule has 0 saturated heterocycles. The minimum Gasteiger partial charge on any atom is -0.452 e. The van der Waals surface area contributed by atoms with Gasteiger partial charge in [0.05, 0.1) is 22.1 Å². The van der Waals surface area contributed by atoms with Crippen LogP contribution < -0.4 is 0 Å². The van der Waals surface area contributed by atoms with E-state index in [1.807, 2.05) is 48.5 Å². The van der Waals surface area contributed by atoms with Gasteiger partial charge < -0.3 is 13.6 Å². The van der Waals surface area contributed by atoms with E-state index in [2.05, 4.69) is 130 Å². The zero-order valence-electron chi connectivity index (χ0n) is 27.4. The van der Waals surface area contributed by atoms with E-state index in [-0.39, 0.29) is 0 Å². The molecule has 0 fully saturated rings. The SMILES string of the molecule is c1ccc(-c2nc(-c3ccccc3)c3oc4cc(-n5c6ccccc6c6cc7c(cc65)c5ccccc5n7-c5ccccc5)ccc4c3n2)cc1. The van der Waals surface area contributed by atoms with E-state index in [1.54, 1.807) is 0 Å². The van der Waals surface area contributed by atoms with Crippen LogP contribution in [0.2, 0.25) is 0 Å². The number of nitrogens with zero attached hydrogens (tertiary/aromatic N) is 4. The Balaban J connectivity index is 1.18. The fourth-order valence-corrected chi connectivity index (χ4v) is 7.84. The maximum absolute atomic E-state index is 6.73.